The van der Waals surface area contributed by atoms with Gasteiger partial charge in [-0.3, -0.25) is 9.59 Å². The van der Waals surface area contributed by atoms with Gasteiger partial charge in [0.15, 0.2) is 0 Å². The number of carbonyl (C=O) groups excluding carboxylic acids is 2. The minimum absolute atomic E-state index is 0.0849. The average molecular weight is 316 g/mol. The fraction of sp³-hybridized carbons (Fsp3) is 0.471. The number of hydrogen-bond donors (Lipinski definition) is 1. The number of carboxylic acids is 1. The molecule has 23 heavy (non-hydrogen) atoms. The van der Waals surface area contributed by atoms with E-state index in [1.807, 2.05) is 31.2 Å². The van der Waals surface area contributed by atoms with Crippen molar-refractivity contribution in [1.82, 2.24) is 4.90 Å². The van der Waals surface area contributed by atoms with Crippen molar-refractivity contribution in [2.75, 3.05) is 18.0 Å². The lowest BCUT2D eigenvalue weighted by molar-refractivity contribution is -0.149. The molecule has 1 unspecified atom stereocenters. The number of carbonyl (C=O) groups is 3. The van der Waals surface area contributed by atoms with E-state index in [9.17, 15) is 19.5 Å². The Morgan fingerprint density at radius 3 is 2.57 bits per heavy atom. The molecular weight excluding hydrogens is 296 g/mol. The molecular formula is C17H20N2O4. The number of aliphatic carboxylic acids is 1. The summed E-state index contributed by atoms with van der Waals surface area (Å²) in [6.45, 7) is 2.76. The van der Waals surface area contributed by atoms with Crippen LogP contribution in [0.5, 0.6) is 0 Å². The van der Waals surface area contributed by atoms with Crippen LogP contribution in [0.25, 0.3) is 0 Å². The normalized spacial score (nSPS) is 24.3. The maximum absolute atomic E-state index is 12.6. The highest BCUT2D eigenvalue weighted by atomic mass is 16.4. The molecule has 1 aromatic carbocycles. The van der Waals surface area contributed by atoms with Crippen molar-refractivity contribution in [3.8, 4) is 0 Å². The number of carboxylic acid groups (broad SMARTS) is 1. The second-order valence-corrected chi connectivity index (χ2v) is 6.27. The molecule has 2 saturated heterocycles. The van der Waals surface area contributed by atoms with E-state index in [-0.39, 0.29) is 18.2 Å². The van der Waals surface area contributed by atoms with Crippen LogP contribution in [0, 0.1) is 12.8 Å². The minimum atomic E-state index is -0.962. The van der Waals surface area contributed by atoms with Crippen LogP contribution in [-0.2, 0) is 14.4 Å². The van der Waals surface area contributed by atoms with Crippen LogP contribution in [0.15, 0.2) is 24.3 Å². The Hall–Kier alpha value is -2.37. The zero-order valence-corrected chi connectivity index (χ0v) is 13.1. The lowest BCUT2D eigenvalue weighted by Crippen LogP contribution is -2.44. The Morgan fingerprint density at radius 2 is 1.91 bits per heavy atom. The molecule has 0 saturated carbocycles. The zero-order valence-electron chi connectivity index (χ0n) is 13.1. The van der Waals surface area contributed by atoms with Gasteiger partial charge >= 0.3 is 5.97 Å². The van der Waals surface area contributed by atoms with Gasteiger partial charge in [0.25, 0.3) is 0 Å². The van der Waals surface area contributed by atoms with Gasteiger partial charge in [-0.2, -0.15) is 0 Å². The maximum Gasteiger partial charge on any atom is 0.326 e. The van der Waals surface area contributed by atoms with Gasteiger partial charge in [0.1, 0.15) is 6.04 Å². The first-order valence-electron chi connectivity index (χ1n) is 7.87. The van der Waals surface area contributed by atoms with E-state index < -0.39 is 17.9 Å². The summed E-state index contributed by atoms with van der Waals surface area (Å²) >= 11 is 0. The topological polar surface area (TPSA) is 77.9 Å². The van der Waals surface area contributed by atoms with Crippen LogP contribution in [-0.4, -0.2) is 46.9 Å². The molecule has 0 aliphatic carbocycles. The third-order valence-electron chi connectivity index (χ3n) is 4.64. The molecule has 2 amide bonds. The Kier molecular flexibility index (Phi) is 4.07. The molecule has 6 nitrogen and oxygen atoms in total. The van der Waals surface area contributed by atoms with E-state index in [0.717, 1.165) is 11.3 Å². The summed E-state index contributed by atoms with van der Waals surface area (Å²) in [7, 11) is 0. The number of nitrogens with zero attached hydrogens (tertiary/aromatic N) is 2. The first-order chi connectivity index (χ1) is 11.0. The quantitative estimate of drug-likeness (QED) is 0.915. The standard InChI is InChI=1S/C17H20N2O4/c1-11-4-6-13(7-5-11)19-10-12(9-15(19)20)16(21)18-8-2-3-14(18)17(22)23/h4-7,12,14H,2-3,8-10H2,1H3,(H,22,23)/t12?,14-/m1/s1. The molecule has 2 heterocycles. The summed E-state index contributed by atoms with van der Waals surface area (Å²) in [6, 6.07) is 6.86. The van der Waals surface area contributed by atoms with Gasteiger partial charge in [0.05, 0.1) is 5.92 Å². The van der Waals surface area contributed by atoms with Crippen molar-refractivity contribution < 1.29 is 19.5 Å². The summed E-state index contributed by atoms with van der Waals surface area (Å²) in [4.78, 5) is 39.2. The molecule has 2 atom stereocenters. The fourth-order valence-electron chi connectivity index (χ4n) is 3.37. The monoisotopic (exact) mass is 316 g/mol. The maximum atomic E-state index is 12.6. The highest BCUT2D eigenvalue weighted by molar-refractivity contribution is 6.00. The highest BCUT2D eigenvalue weighted by Crippen LogP contribution is 2.29. The van der Waals surface area contributed by atoms with Gasteiger partial charge in [-0.15, -0.1) is 0 Å². The second-order valence-electron chi connectivity index (χ2n) is 6.27. The van der Waals surface area contributed by atoms with Crippen molar-refractivity contribution in [3.63, 3.8) is 0 Å². The van der Waals surface area contributed by atoms with Crippen LogP contribution in [0.4, 0.5) is 5.69 Å². The molecule has 0 spiro atoms. The van der Waals surface area contributed by atoms with Crippen LogP contribution >= 0.6 is 0 Å². The number of rotatable bonds is 3. The van der Waals surface area contributed by atoms with E-state index >= 15 is 0 Å². The molecule has 0 aromatic heterocycles. The molecule has 2 aliphatic heterocycles. The van der Waals surface area contributed by atoms with E-state index in [2.05, 4.69) is 0 Å². The van der Waals surface area contributed by atoms with Crippen molar-refractivity contribution >= 4 is 23.5 Å². The fourth-order valence-corrected chi connectivity index (χ4v) is 3.37. The van der Waals surface area contributed by atoms with Gasteiger partial charge < -0.3 is 14.9 Å². The van der Waals surface area contributed by atoms with Gasteiger partial charge in [-0.05, 0) is 31.9 Å². The van der Waals surface area contributed by atoms with E-state index in [4.69, 9.17) is 0 Å². The van der Waals surface area contributed by atoms with Gasteiger partial charge in [0.2, 0.25) is 11.8 Å². The Bertz CT molecular complexity index is 640. The molecule has 6 heteroatoms. The van der Waals surface area contributed by atoms with Crippen molar-refractivity contribution in [2.24, 2.45) is 5.92 Å². The zero-order chi connectivity index (χ0) is 16.6. The van der Waals surface area contributed by atoms with Crippen LogP contribution in [0.3, 0.4) is 0 Å². The van der Waals surface area contributed by atoms with Crippen molar-refractivity contribution in [1.29, 1.82) is 0 Å². The predicted molar refractivity (Wildman–Crippen MR) is 84.0 cm³/mol. The van der Waals surface area contributed by atoms with E-state index in [1.165, 1.54) is 4.90 Å². The molecule has 0 bridgehead atoms. The van der Waals surface area contributed by atoms with Crippen LogP contribution in [0.2, 0.25) is 0 Å². The summed E-state index contributed by atoms with van der Waals surface area (Å²) in [5.41, 5.74) is 1.89. The van der Waals surface area contributed by atoms with Crippen molar-refractivity contribution in [3.05, 3.63) is 29.8 Å². The van der Waals surface area contributed by atoms with Crippen LogP contribution in [0.1, 0.15) is 24.8 Å². The highest BCUT2D eigenvalue weighted by Gasteiger charge is 2.42. The van der Waals surface area contributed by atoms with E-state index in [1.54, 1.807) is 4.90 Å². The Morgan fingerprint density at radius 1 is 1.22 bits per heavy atom. The number of aryl methyl sites for hydroxylation is 1. The molecule has 2 aliphatic rings. The van der Waals surface area contributed by atoms with Gasteiger partial charge in [-0.1, -0.05) is 17.7 Å². The van der Waals surface area contributed by atoms with Crippen LogP contribution < -0.4 is 4.90 Å². The smallest absolute Gasteiger partial charge is 0.326 e. The number of benzene rings is 1. The number of amides is 2. The Labute approximate surface area is 134 Å². The third-order valence-corrected chi connectivity index (χ3v) is 4.64. The number of likely N-dealkylation sites (tertiary alicyclic amines) is 1. The molecule has 0 radical (unpaired) electrons. The summed E-state index contributed by atoms with van der Waals surface area (Å²) < 4.78 is 0. The predicted octanol–water partition coefficient (Wildman–Crippen LogP) is 1.42. The third kappa shape index (κ3) is 2.93. The first-order valence-corrected chi connectivity index (χ1v) is 7.87. The van der Waals surface area contributed by atoms with E-state index in [0.29, 0.717) is 25.9 Å². The first kappa shape index (κ1) is 15.5. The molecule has 3 rings (SSSR count). The molecule has 2 fully saturated rings. The summed E-state index contributed by atoms with van der Waals surface area (Å²) in [5.74, 6) is -1.71. The number of anilines is 1. The lowest BCUT2D eigenvalue weighted by atomic mass is 10.1. The number of hydrogen-bond acceptors (Lipinski definition) is 3. The van der Waals surface area contributed by atoms with Gasteiger partial charge in [0, 0.05) is 25.2 Å². The lowest BCUT2D eigenvalue weighted by Gasteiger charge is -2.24. The Balaban J connectivity index is 1.73. The average Bonchev–Trinajstić information content (AvgIpc) is 3.14. The molecule has 1 aromatic rings. The van der Waals surface area contributed by atoms with Gasteiger partial charge in [-0.25, -0.2) is 4.79 Å². The summed E-state index contributed by atoms with van der Waals surface area (Å²) in [5, 5.41) is 9.21. The molecule has 122 valence electrons. The molecule has 1 N–H and O–H groups in total. The minimum Gasteiger partial charge on any atom is -0.480 e. The largest absolute Gasteiger partial charge is 0.480 e. The summed E-state index contributed by atoms with van der Waals surface area (Å²) in [6.07, 6.45) is 1.34. The van der Waals surface area contributed by atoms with Crippen molar-refractivity contribution in [2.45, 2.75) is 32.2 Å². The second kappa shape index (κ2) is 6.02. The SMILES string of the molecule is Cc1ccc(N2CC(C(=O)N3CCC[C@@H]3C(=O)O)CC2=O)cc1.